The van der Waals surface area contributed by atoms with E-state index in [-0.39, 0.29) is 11.4 Å². The Hall–Kier alpha value is -2.52. The van der Waals surface area contributed by atoms with Crippen LogP contribution in [0.15, 0.2) is 46.8 Å². The molecule has 26 heavy (non-hydrogen) atoms. The number of halogens is 2. The minimum Gasteiger partial charge on any atom is -0.330 e. The van der Waals surface area contributed by atoms with Crippen LogP contribution in [0.1, 0.15) is 5.56 Å². The fourth-order valence-corrected chi connectivity index (χ4v) is 3.62. The fourth-order valence-electron chi connectivity index (χ4n) is 2.05. The standard InChI is InChI=1S/C17H14F2N4OS2/c1-10-4-2-3-5-13(10)21-16-22-23-17(26-16)25-9-15(24)20-14-7-6-11(18)8-12(14)19/h2-8H,9H2,1H3,(H,20,24)(H,21,22). The molecule has 0 radical (unpaired) electrons. The Morgan fingerprint density at radius 3 is 2.73 bits per heavy atom. The van der Waals surface area contributed by atoms with E-state index in [9.17, 15) is 13.6 Å². The highest BCUT2D eigenvalue weighted by Crippen LogP contribution is 2.28. The first-order valence-electron chi connectivity index (χ1n) is 7.55. The van der Waals surface area contributed by atoms with Gasteiger partial charge in [-0.05, 0) is 30.7 Å². The molecule has 1 heterocycles. The van der Waals surface area contributed by atoms with Gasteiger partial charge in [-0.2, -0.15) is 0 Å². The number of anilines is 3. The molecule has 0 unspecified atom stereocenters. The van der Waals surface area contributed by atoms with Crippen LogP contribution in [-0.4, -0.2) is 21.9 Å². The largest absolute Gasteiger partial charge is 0.330 e. The van der Waals surface area contributed by atoms with E-state index in [1.807, 2.05) is 31.2 Å². The number of thioether (sulfide) groups is 1. The smallest absolute Gasteiger partial charge is 0.234 e. The first kappa shape index (κ1) is 18.3. The first-order valence-corrected chi connectivity index (χ1v) is 9.35. The van der Waals surface area contributed by atoms with Crippen molar-refractivity contribution in [2.45, 2.75) is 11.3 Å². The highest BCUT2D eigenvalue weighted by Gasteiger charge is 2.11. The van der Waals surface area contributed by atoms with Gasteiger partial charge in [0.25, 0.3) is 0 Å². The molecule has 9 heteroatoms. The summed E-state index contributed by atoms with van der Waals surface area (Å²) in [6.07, 6.45) is 0. The highest BCUT2D eigenvalue weighted by molar-refractivity contribution is 8.01. The van der Waals surface area contributed by atoms with Gasteiger partial charge in [-0.25, -0.2) is 8.78 Å². The predicted molar refractivity (Wildman–Crippen MR) is 100 cm³/mol. The zero-order valence-electron chi connectivity index (χ0n) is 13.6. The maximum atomic E-state index is 13.5. The van der Waals surface area contributed by atoms with Crippen LogP contribution in [0.5, 0.6) is 0 Å². The number of nitrogens with one attached hydrogen (secondary N) is 2. The number of carbonyl (C=O) groups excluding carboxylic acids is 1. The Bertz CT molecular complexity index is 933. The molecule has 0 spiro atoms. The van der Waals surface area contributed by atoms with Crippen LogP contribution in [0.3, 0.4) is 0 Å². The van der Waals surface area contributed by atoms with Gasteiger partial charge in [0.05, 0.1) is 11.4 Å². The van der Waals surface area contributed by atoms with Crippen molar-refractivity contribution in [3.8, 4) is 0 Å². The van der Waals surface area contributed by atoms with E-state index in [1.54, 1.807) is 0 Å². The van der Waals surface area contributed by atoms with Crippen molar-refractivity contribution < 1.29 is 13.6 Å². The first-order chi connectivity index (χ1) is 12.5. The maximum absolute atomic E-state index is 13.5. The summed E-state index contributed by atoms with van der Waals surface area (Å²) in [6.45, 7) is 1.98. The maximum Gasteiger partial charge on any atom is 0.234 e. The summed E-state index contributed by atoms with van der Waals surface area (Å²) in [4.78, 5) is 11.9. The molecule has 5 nitrogen and oxygen atoms in total. The number of aromatic nitrogens is 2. The van der Waals surface area contributed by atoms with E-state index in [1.165, 1.54) is 29.2 Å². The lowest BCUT2D eigenvalue weighted by atomic mass is 10.2. The Kier molecular flexibility index (Phi) is 5.79. The van der Waals surface area contributed by atoms with E-state index in [2.05, 4.69) is 20.8 Å². The van der Waals surface area contributed by atoms with Gasteiger partial charge in [-0.1, -0.05) is 41.3 Å². The molecule has 2 aromatic carbocycles. The van der Waals surface area contributed by atoms with Crippen LogP contribution < -0.4 is 10.6 Å². The van der Waals surface area contributed by atoms with Gasteiger partial charge in [0, 0.05) is 11.8 Å². The molecule has 1 amide bonds. The molecule has 134 valence electrons. The molecular formula is C17H14F2N4OS2. The molecule has 2 N–H and O–H groups in total. The van der Waals surface area contributed by atoms with Crippen LogP contribution in [0, 0.1) is 18.6 Å². The SMILES string of the molecule is Cc1ccccc1Nc1nnc(SCC(=O)Nc2ccc(F)cc2F)s1. The Labute approximate surface area is 156 Å². The van der Waals surface area contributed by atoms with Crippen LogP contribution in [0.4, 0.5) is 25.3 Å². The number of rotatable bonds is 6. The summed E-state index contributed by atoms with van der Waals surface area (Å²) >= 11 is 2.50. The van der Waals surface area contributed by atoms with Crippen LogP contribution in [0.2, 0.25) is 0 Å². The lowest BCUT2D eigenvalue weighted by Gasteiger charge is -2.05. The van der Waals surface area contributed by atoms with Crippen molar-refractivity contribution in [1.29, 1.82) is 0 Å². The van der Waals surface area contributed by atoms with Gasteiger partial charge in [0.15, 0.2) is 4.34 Å². The molecular weight excluding hydrogens is 378 g/mol. The van der Waals surface area contributed by atoms with Crippen molar-refractivity contribution in [2.24, 2.45) is 0 Å². The van der Waals surface area contributed by atoms with Crippen molar-refractivity contribution in [3.05, 3.63) is 59.7 Å². The van der Waals surface area contributed by atoms with E-state index in [4.69, 9.17) is 0 Å². The Balaban J connectivity index is 1.54. The number of benzene rings is 2. The summed E-state index contributed by atoms with van der Waals surface area (Å²) in [5, 5.41) is 14.3. The van der Waals surface area contributed by atoms with Gasteiger partial charge < -0.3 is 10.6 Å². The second-order valence-electron chi connectivity index (χ2n) is 5.27. The second-order valence-corrected chi connectivity index (χ2v) is 7.47. The summed E-state index contributed by atoms with van der Waals surface area (Å²) in [7, 11) is 0. The number of para-hydroxylation sites is 1. The third-order valence-corrected chi connectivity index (χ3v) is 5.30. The van der Waals surface area contributed by atoms with Crippen molar-refractivity contribution in [1.82, 2.24) is 10.2 Å². The number of hydrogen-bond acceptors (Lipinski definition) is 6. The molecule has 0 atom stereocenters. The molecule has 0 fully saturated rings. The lowest BCUT2D eigenvalue weighted by molar-refractivity contribution is -0.113. The molecule has 0 aliphatic carbocycles. The van der Waals surface area contributed by atoms with Crippen molar-refractivity contribution in [3.63, 3.8) is 0 Å². The third kappa shape index (κ3) is 4.77. The van der Waals surface area contributed by atoms with Gasteiger partial charge in [0.2, 0.25) is 11.0 Å². The summed E-state index contributed by atoms with van der Waals surface area (Å²) in [6, 6.07) is 10.8. The van der Waals surface area contributed by atoms with Crippen LogP contribution >= 0.6 is 23.1 Å². The molecule has 0 aliphatic rings. The average Bonchev–Trinajstić information content (AvgIpc) is 3.05. The zero-order valence-corrected chi connectivity index (χ0v) is 15.3. The second kappa shape index (κ2) is 8.24. The Morgan fingerprint density at radius 2 is 1.96 bits per heavy atom. The number of carbonyl (C=O) groups is 1. The van der Waals surface area contributed by atoms with Crippen molar-refractivity contribution >= 4 is 45.5 Å². The van der Waals surface area contributed by atoms with Gasteiger partial charge in [-0.3, -0.25) is 4.79 Å². The summed E-state index contributed by atoms with van der Waals surface area (Å²) < 4.78 is 27.0. The fraction of sp³-hybridized carbons (Fsp3) is 0.118. The molecule has 0 aliphatic heterocycles. The minimum atomic E-state index is -0.816. The monoisotopic (exact) mass is 392 g/mol. The third-order valence-electron chi connectivity index (χ3n) is 3.33. The molecule has 3 aromatic rings. The van der Waals surface area contributed by atoms with Gasteiger partial charge >= 0.3 is 0 Å². The topological polar surface area (TPSA) is 66.9 Å². The van der Waals surface area contributed by atoms with E-state index >= 15 is 0 Å². The Morgan fingerprint density at radius 1 is 1.15 bits per heavy atom. The van der Waals surface area contributed by atoms with Gasteiger partial charge in [-0.15, -0.1) is 10.2 Å². The van der Waals surface area contributed by atoms with E-state index in [0.29, 0.717) is 9.47 Å². The minimum absolute atomic E-state index is 0.0375. The number of hydrogen-bond donors (Lipinski definition) is 2. The lowest BCUT2D eigenvalue weighted by Crippen LogP contribution is -2.15. The quantitative estimate of drug-likeness (QED) is 0.600. The zero-order chi connectivity index (χ0) is 18.5. The van der Waals surface area contributed by atoms with Crippen LogP contribution in [-0.2, 0) is 4.79 Å². The number of nitrogens with zero attached hydrogens (tertiary/aromatic N) is 2. The van der Waals surface area contributed by atoms with Gasteiger partial charge in [0.1, 0.15) is 11.6 Å². The average molecular weight is 392 g/mol. The molecule has 0 saturated heterocycles. The molecule has 3 rings (SSSR count). The normalized spacial score (nSPS) is 10.6. The number of amides is 1. The molecule has 0 saturated carbocycles. The van der Waals surface area contributed by atoms with E-state index in [0.717, 1.165) is 23.4 Å². The van der Waals surface area contributed by atoms with Crippen molar-refractivity contribution in [2.75, 3.05) is 16.4 Å². The summed E-state index contributed by atoms with van der Waals surface area (Å²) in [5.41, 5.74) is 1.96. The molecule has 0 bridgehead atoms. The number of aryl methyl sites for hydroxylation is 1. The summed E-state index contributed by atoms with van der Waals surface area (Å²) in [5.74, 6) is -1.89. The van der Waals surface area contributed by atoms with Crippen LogP contribution in [0.25, 0.3) is 0 Å². The highest BCUT2D eigenvalue weighted by atomic mass is 32.2. The van der Waals surface area contributed by atoms with E-state index < -0.39 is 17.5 Å². The predicted octanol–water partition coefficient (Wildman–Crippen LogP) is 4.60. The molecule has 1 aromatic heterocycles.